The molecule has 0 fully saturated rings. The average Bonchev–Trinajstić information content (AvgIpc) is 2.41. The highest BCUT2D eigenvalue weighted by atomic mass is 19.1. The van der Waals surface area contributed by atoms with Gasteiger partial charge >= 0.3 is 0 Å². The molecule has 2 aromatic rings. The molecule has 0 N–H and O–H groups in total. The second-order valence-electron chi connectivity index (χ2n) is 4.35. The molecule has 0 aliphatic rings. The minimum atomic E-state index is -0.935. The number of nitrogens with zero attached hydrogens (tertiary/aromatic N) is 1. The third kappa shape index (κ3) is 2.82. The predicted octanol–water partition coefficient (Wildman–Crippen LogP) is 3.38. The van der Waals surface area contributed by atoms with E-state index in [9.17, 15) is 18.0 Å². The van der Waals surface area contributed by atoms with Crippen LogP contribution in [0.15, 0.2) is 42.5 Å². The summed E-state index contributed by atoms with van der Waals surface area (Å²) >= 11 is 0. The maximum atomic E-state index is 13.5. The molecule has 0 aromatic heterocycles. The SMILES string of the molecule is CN(Cc1ccccc1F)C(=O)c1c(F)cccc1F. The Hall–Kier alpha value is -2.30. The number of carbonyl (C=O) groups excluding carboxylic acids is 1. The summed E-state index contributed by atoms with van der Waals surface area (Å²) in [5.74, 6) is -3.17. The lowest BCUT2D eigenvalue weighted by Gasteiger charge is -2.18. The van der Waals surface area contributed by atoms with Gasteiger partial charge in [-0.1, -0.05) is 24.3 Å². The zero-order valence-electron chi connectivity index (χ0n) is 10.7. The first-order valence-electron chi connectivity index (χ1n) is 5.93. The summed E-state index contributed by atoms with van der Waals surface area (Å²) in [5, 5.41) is 0. The molecule has 0 atom stereocenters. The highest BCUT2D eigenvalue weighted by molar-refractivity contribution is 5.94. The molecule has 2 aromatic carbocycles. The van der Waals surface area contributed by atoms with Crippen LogP contribution in [0.25, 0.3) is 0 Å². The van der Waals surface area contributed by atoms with Crippen LogP contribution in [0.4, 0.5) is 13.2 Å². The Morgan fingerprint density at radius 2 is 1.50 bits per heavy atom. The molecule has 0 unspecified atom stereocenters. The third-order valence-electron chi connectivity index (χ3n) is 2.89. The van der Waals surface area contributed by atoms with Crippen LogP contribution in [0.1, 0.15) is 15.9 Å². The molecule has 2 nitrogen and oxygen atoms in total. The molecule has 5 heteroatoms. The quantitative estimate of drug-likeness (QED) is 0.843. The molecule has 1 amide bonds. The molecule has 0 radical (unpaired) electrons. The minimum absolute atomic E-state index is 0.0702. The lowest BCUT2D eigenvalue weighted by Crippen LogP contribution is -2.28. The van der Waals surface area contributed by atoms with Gasteiger partial charge in [-0.2, -0.15) is 0 Å². The summed E-state index contributed by atoms with van der Waals surface area (Å²) in [6, 6.07) is 9.12. The Kier molecular flexibility index (Phi) is 4.08. The Bertz CT molecular complexity index is 623. The van der Waals surface area contributed by atoms with Crippen LogP contribution < -0.4 is 0 Å². The highest BCUT2D eigenvalue weighted by Crippen LogP contribution is 2.16. The smallest absolute Gasteiger partial charge is 0.259 e. The summed E-state index contributed by atoms with van der Waals surface area (Å²) in [6.45, 7) is -0.0702. The van der Waals surface area contributed by atoms with Crippen molar-refractivity contribution in [1.82, 2.24) is 4.90 Å². The van der Waals surface area contributed by atoms with Crippen LogP contribution in [0.2, 0.25) is 0 Å². The minimum Gasteiger partial charge on any atom is -0.337 e. The van der Waals surface area contributed by atoms with Gasteiger partial charge in [-0.25, -0.2) is 13.2 Å². The number of hydrogen-bond acceptors (Lipinski definition) is 1. The van der Waals surface area contributed by atoms with E-state index in [0.29, 0.717) is 0 Å². The van der Waals surface area contributed by atoms with Gasteiger partial charge in [0.2, 0.25) is 0 Å². The van der Waals surface area contributed by atoms with E-state index >= 15 is 0 Å². The highest BCUT2D eigenvalue weighted by Gasteiger charge is 2.21. The molecule has 0 aliphatic heterocycles. The molecule has 2 rings (SSSR count). The zero-order chi connectivity index (χ0) is 14.7. The Morgan fingerprint density at radius 1 is 0.950 bits per heavy atom. The van der Waals surface area contributed by atoms with E-state index in [2.05, 4.69) is 0 Å². The second-order valence-corrected chi connectivity index (χ2v) is 4.35. The molecular formula is C15H12F3NO. The molecule has 104 valence electrons. The molecule has 0 saturated carbocycles. The molecule has 0 spiro atoms. The van der Waals surface area contributed by atoms with Crippen molar-refractivity contribution < 1.29 is 18.0 Å². The summed E-state index contributed by atoms with van der Waals surface area (Å²) in [6.07, 6.45) is 0. The fourth-order valence-corrected chi connectivity index (χ4v) is 1.85. The number of amides is 1. The number of halogens is 3. The molecule has 20 heavy (non-hydrogen) atoms. The van der Waals surface area contributed by atoms with Crippen LogP contribution in [0, 0.1) is 17.5 Å². The van der Waals surface area contributed by atoms with Gasteiger partial charge in [0.15, 0.2) is 0 Å². The zero-order valence-corrected chi connectivity index (χ0v) is 10.7. The lowest BCUT2D eigenvalue weighted by molar-refractivity contribution is 0.0774. The van der Waals surface area contributed by atoms with Crippen LogP contribution in [0.5, 0.6) is 0 Å². The molecule has 0 heterocycles. The third-order valence-corrected chi connectivity index (χ3v) is 2.89. The first-order valence-corrected chi connectivity index (χ1v) is 5.93. The summed E-state index contributed by atoms with van der Waals surface area (Å²) in [5.41, 5.74) is -0.355. The lowest BCUT2D eigenvalue weighted by atomic mass is 10.1. The largest absolute Gasteiger partial charge is 0.337 e. The van der Waals surface area contributed by atoms with Crippen LogP contribution >= 0.6 is 0 Å². The van der Waals surface area contributed by atoms with Crippen LogP contribution in [-0.2, 0) is 6.54 Å². The molecule has 0 aliphatic carbocycles. The van der Waals surface area contributed by atoms with Gasteiger partial charge in [-0.05, 0) is 18.2 Å². The molecule has 0 bridgehead atoms. The predicted molar refractivity (Wildman–Crippen MR) is 68.6 cm³/mol. The second kappa shape index (κ2) is 5.77. The summed E-state index contributed by atoms with van der Waals surface area (Å²) in [4.78, 5) is 13.1. The van der Waals surface area contributed by atoms with Crippen molar-refractivity contribution >= 4 is 5.91 Å². The summed E-state index contributed by atoms with van der Waals surface area (Å²) in [7, 11) is 1.36. The normalized spacial score (nSPS) is 10.4. The number of carbonyl (C=O) groups is 1. The summed E-state index contributed by atoms with van der Waals surface area (Å²) < 4.78 is 40.5. The first-order chi connectivity index (χ1) is 9.50. The van der Waals surface area contributed by atoms with Crippen molar-refractivity contribution in [3.05, 3.63) is 71.0 Å². The van der Waals surface area contributed by atoms with Crippen molar-refractivity contribution in [3.8, 4) is 0 Å². The van der Waals surface area contributed by atoms with E-state index in [1.165, 1.54) is 31.3 Å². The van der Waals surface area contributed by atoms with Gasteiger partial charge in [-0.3, -0.25) is 4.79 Å². The Balaban J connectivity index is 2.24. The number of hydrogen-bond donors (Lipinski definition) is 0. The topological polar surface area (TPSA) is 20.3 Å². The Labute approximate surface area is 114 Å². The Morgan fingerprint density at radius 3 is 2.10 bits per heavy atom. The van der Waals surface area contributed by atoms with E-state index in [1.54, 1.807) is 6.07 Å². The fourth-order valence-electron chi connectivity index (χ4n) is 1.85. The van der Waals surface area contributed by atoms with Crippen molar-refractivity contribution in [2.45, 2.75) is 6.54 Å². The van der Waals surface area contributed by atoms with E-state index in [4.69, 9.17) is 0 Å². The van der Waals surface area contributed by atoms with Crippen molar-refractivity contribution in [1.29, 1.82) is 0 Å². The standard InChI is InChI=1S/C15H12F3NO/c1-19(9-10-5-2-3-6-11(10)16)15(20)14-12(17)7-4-8-13(14)18/h2-8H,9H2,1H3. The van der Waals surface area contributed by atoms with Gasteiger partial charge in [0.05, 0.1) is 0 Å². The monoisotopic (exact) mass is 279 g/mol. The van der Waals surface area contributed by atoms with Gasteiger partial charge in [0, 0.05) is 19.2 Å². The van der Waals surface area contributed by atoms with Crippen molar-refractivity contribution in [2.24, 2.45) is 0 Å². The fraction of sp³-hybridized carbons (Fsp3) is 0.133. The molecule has 0 saturated heterocycles. The first kappa shape index (κ1) is 14.1. The van der Waals surface area contributed by atoms with E-state index < -0.39 is 28.9 Å². The van der Waals surface area contributed by atoms with Gasteiger partial charge in [-0.15, -0.1) is 0 Å². The van der Waals surface area contributed by atoms with Crippen LogP contribution in [-0.4, -0.2) is 17.9 Å². The average molecular weight is 279 g/mol. The van der Waals surface area contributed by atoms with E-state index in [1.807, 2.05) is 0 Å². The van der Waals surface area contributed by atoms with Crippen molar-refractivity contribution in [2.75, 3.05) is 7.05 Å². The van der Waals surface area contributed by atoms with Gasteiger partial charge < -0.3 is 4.90 Å². The molecular weight excluding hydrogens is 267 g/mol. The number of rotatable bonds is 3. The van der Waals surface area contributed by atoms with Gasteiger partial charge in [0.1, 0.15) is 23.0 Å². The van der Waals surface area contributed by atoms with Gasteiger partial charge in [0.25, 0.3) is 5.91 Å². The van der Waals surface area contributed by atoms with Crippen LogP contribution in [0.3, 0.4) is 0 Å². The number of benzene rings is 2. The maximum absolute atomic E-state index is 13.5. The van der Waals surface area contributed by atoms with E-state index in [0.717, 1.165) is 17.0 Å². The maximum Gasteiger partial charge on any atom is 0.259 e. The van der Waals surface area contributed by atoms with E-state index in [-0.39, 0.29) is 12.1 Å². The van der Waals surface area contributed by atoms with Crippen molar-refractivity contribution in [3.63, 3.8) is 0 Å².